The van der Waals surface area contributed by atoms with Gasteiger partial charge in [0.15, 0.2) is 0 Å². The molecule has 0 radical (unpaired) electrons. The smallest absolute Gasteiger partial charge is 0.253 e. The second-order valence-electron chi connectivity index (χ2n) is 14.1. The first-order valence-electron chi connectivity index (χ1n) is 17.3. The molecule has 4 rings (SSSR count). The lowest BCUT2D eigenvalue weighted by Crippen LogP contribution is -2.46. The van der Waals surface area contributed by atoms with Crippen LogP contribution in [0.2, 0.25) is 0 Å². The third-order valence-corrected chi connectivity index (χ3v) is 8.90. The second-order valence-corrected chi connectivity index (χ2v) is 14.1. The quantitative estimate of drug-likeness (QED) is 0.166. The Labute approximate surface area is 302 Å². The lowest BCUT2D eigenvalue weighted by atomic mass is 9.82. The summed E-state index contributed by atoms with van der Waals surface area (Å²) < 4.78 is 31.2. The lowest BCUT2D eigenvalue weighted by molar-refractivity contribution is -0.140. The predicted molar refractivity (Wildman–Crippen MR) is 191 cm³/mol. The van der Waals surface area contributed by atoms with Crippen molar-refractivity contribution >= 4 is 29.4 Å². The molecule has 2 atom stereocenters. The van der Waals surface area contributed by atoms with Gasteiger partial charge < -0.3 is 25.6 Å². The number of nitrogens with zero attached hydrogens (tertiary/aromatic N) is 3. The molecule has 0 fully saturated rings. The fourth-order valence-electron chi connectivity index (χ4n) is 6.30. The number of nitrogens with one attached hydrogen (secondary N) is 1. The van der Waals surface area contributed by atoms with E-state index in [0.717, 1.165) is 28.7 Å². The number of benzene rings is 2. The molecule has 0 aliphatic carbocycles. The molecule has 2 heterocycles. The number of carbonyl (C=O) groups excluding carboxylic acids is 5. The van der Waals surface area contributed by atoms with Crippen molar-refractivity contribution in [1.29, 1.82) is 0 Å². The van der Waals surface area contributed by atoms with Crippen LogP contribution in [0.3, 0.4) is 0 Å². The summed E-state index contributed by atoms with van der Waals surface area (Å²) in [4.78, 5) is 64.1. The van der Waals surface area contributed by atoms with Crippen LogP contribution in [0.4, 0.5) is 8.78 Å². The molecular weight excluding hydrogens is 672 g/mol. The number of Topliss-reactive ketones (excluding diaryl/α,β-unsaturated/α-hetero) is 1. The fourth-order valence-corrected chi connectivity index (χ4v) is 6.30. The molecule has 4 amide bonds. The Bertz CT molecular complexity index is 1770. The summed E-state index contributed by atoms with van der Waals surface area (Å²) >= 11 is 0. The van der Waals surface area contributed by atoms with Gasteiger partial charge in [0.2, 0.25) is 11.8 Å². The van der Waals surface area contributed by atoms with E-state index < -0.39 is 53.5 Å². The van der Waals surface area contributed by atoms with Crippen molar-refractivity contribution in [1.82, 2.24) is 19.7 Å². The number of rotatable bonds is 18. The minimum atomic E-state index is -0.765. The van der Waals surface area contributed by atoms with Crippen molar-refractivity contribution in [3.8, 4) is 11.1 Å². The molecule has 0 bridgehead atoms. The van der Waals surface area contributed by atoms with Gasteiger partial charge in [0.25, 0.3) is 11.8 Å². The number of carbonyl (C=O) groups is 5. The molecule has 52 heavy (non-hydrogen) atoms. The van der Waals surface area contributed by atoms with Gasteiger partial charge in [-0.15, -0.1) is 0 Å². The Balaban J connectivity index is 1.43. The van der Waals surface area contributed by atoms with E-state index in [1.54, 1.807) is 17.2 Å². The molecule has 2 aromatic carbocycles. The average Bonchev–Trinajstić information content (AvgIpc) is 3.66. The Morgan fingerprint density at radius 3 is 2.31 bits per heavy atom. The van der Waals surface area contributed by atoms with Crippen LogP contribution in [0.1, 0.15) is 70.2 Å². The molecule has 3 aromatic rings. The normalized spacial score (nSPS) is 14.1. The summed E-state index contributed by atoms with van der Waals surface area (Å²) in [5.41, 5.74) is 7.89. The first-order chi connectivity index (χ1) is 24.7. The number of hydrogen-bond donors (Lipinski definition) is 3. The van der Waals surface area contributed by atoms with Crippen molar-refractivity contribution in [2.45, 2.75) is 71.5 Å². The maximum Gasteiger partial charge on any atom is 0.253 e. The third-order valence-electron chi connectivity index (χ3n) is 8.90. The van der Waals surface area contributed by atoms with Crippen LogP contribution in [0.15, 0.2) is 72.9 Å². The molecular formula is C39H47F2N5O6. The van der Waals surface area contributed by atoms with Gasteiger partial charge >= 0.3 is 0 Å². The first-order valence-corrected chi connectivity index (χ1v) is 17.3. The molecule has 1 aliphatic rings. The van der Waals surface area contributed by atoms with Gasteiger partial charge in [-0.3, -0.25) is 28.9 Å². The summed E-state index contributed by atoms with van der Waals surface area (Å²) in [6.07, 6.45) is 4.74. The summed E-state index contributed by atoms with van der Waals surface area (Å²) in [7, 11) is 0. The van der Waals surface area contributed by atoms with E-state index in [1.165, 1.54) is 12.2 Å². The van der Waals surface area contributed by atoms with Crippen LogP contribution in [0, 0.1) is 17.0 Å². The van der Waals surface area contributed by atoms with Gasteiger partial charge in [0, 0.05) is 86.7 Å². The number of aromatic nitrogens is 1. The maximum atomic E-state index is 15.0. The standard InChI is InChI=1S/C39H47F2N5O6/c1-39(2,3)38(33-20-27(31-21-28(40)11-13-32(31)41)24-44(33)23-26-8-5-4-6-9-26)46(37(52)25-47)19-17-29(42)22-43-34(49)14-12-30(48)10-7-18-45-35(50)15-16-36(45)51/h4-6,8-9,11,13,15-16,20-21,24,29,38,47H,7,10,12,14,17-19,22-23,25,42H2,1-3H3,(H,43,49)/t29-,38-/m0/s1. The van der Waals surface area contributed by atoms with E-state index in [0.29, 0.717) is 24.2 Å². The highest BCUT2D eigenvalue weighted by molar-refractivity contribution is 6.12. The number of ketones is 1. The van der Waals surface area contributed by atoms with Gasteiger partial charge in [0.05, 0.1) is 6.04 Å². The summed E-state index contributed by atoms with van der Waals surface area (Å²) in [6.45, 7) is 5.78. The fraction of sp³-hybridized carbons (Fsp3) is 0.410. The molecule has 0 saturated carbocycles. The van der Waals surface area contributed by atoms with Gasteiger partial charge in [-0.2, -0.15) is 0 Å². The summed E-state index contributed by atoms with van der Waals surface area (Å²) in [6, 6.07) is 13.4. The Hall–Kier alpha value is -5.01. The Morgan fingerprint density at radius 1 is 0.962 bits per heavy atom. The highest BCUT2D eigenvalue weighted by atomic mass is 19.1. The molecule has 11 nitrogen and oxygen atoms in total. The van der Waals surface area contributed by atoms with Crippen molar-refractivity contribution < 1.29 is 37.9 Å². The highest BCUT2D eigenvalue weighted by Gasteiger charge is 2.37. The molecule has 1 aliphatic heterocycles. The van der Waals surface area contributed by atoms with Crippen molar-refractivity contribution in [2.75, 3.05) is 26.2 Å². The van der Waals surface area contributed by atoms with Crippen LogP contribution >= 0.6 is 0 Å². The van der Waals surface area contributed by atoms with E-state index in [1.807, 2.05) is 55.7 Å². The number of halogens is 2. The SMILES string of the molecule is CC(C)(C)[C@H](c1cc(-c2cc(F)ccc2F)cn1Cc1ccccc1)N(CC[C@H](N)CNC(=O)CCC(=O)CCCN1C(=O)C=CC1=O)C(=O)CO. The van der Waals surface area contributed by atoms with E-state index in [9.17, 15) is 37.9 Å². The van der Waals surface area contributed by atoms with Gasteiger partial charge in [-0.05, 0) is 48.1 Å². The minimum Gasteiger partial charge on any atom is -0.387 e. The monoisotopic (exact) mass is 719 g/mol. The van der Waals surface area contributed by atoms with Gasteiger partial charge in [-0.1, -0.05) is 51.1 Å². The minimum absolute atomic E-state index is 0.00258. The van der Waals surface area contributed by atoms with Crippen LogP contribution in [-0.4, -0.2) is 81.2 Å². The Kier molecular flexibility index (Phi) is 13.7. The molecule has 0 spiro atoms. The third kappa shape index (κ3) is 10.8. The largest absolute Gasteiger partial charge is 0.387 e. The molecule has 278 valence electrons. The highest BCUT2D eigenvalue weighted by Crippen LogP contribution is 2.41. The van der Waals surface area contributed by atoms with Crippen molar-refractivity contribution in [2.24, 2.45) is 11.1 Å². The van der Waals surface area contributed by atoms with Gasteiger partial charge in [0.1, 0.15) is 24.0 Å². The zero-order chi connectivity index (χ0) is 38.0. The molecule has 4 N–H and O–H groups in total. The first kappa shape index (κ1) is 39.8. The van der Waals surface area contributed by atoms with E-state index in [4.69, 9.17) is 5.73 Å². The lowest BCUT2D eigenvalue weighted by Gasteiger charge is -2.41. The number of aliphatic hydroxyl groups is 1. The number of aliphatic hydroxyl groups excluding tert-OH is 1. The molecule has 0 unspecified atom stereocenters. The summed E-state index contributed by atoms with van der Waals surface area (Å²) in [5, 5.41) is 12.8. The average molecular weight is 720 g/mol. The van der Waals surface area contributed by atoms with E-state index in [-0.39, 0.29) is 62.6 Å². The van der Waals surface area contributed by atoms with Crippen LogP contribution in [-0.2, 0) is 30.5 Å². The topological polar surface area (TPSA) is 155 Å². The predicted octanol–water partition coefficient (Wildman–Crippen LogP) is 4.28. The van der Waals surface area contributed by atoms with E-state index >= 15 is 0 Å². The van der Waals surface area contributed by atoms with Crippen molar-refractivity contribution in [3.63, 3.8) is 0 Å². The number of hydrogen-bond acceptors (Lipinski definition) is 7. The van der Waals surface area contributed by atoms with E-state index in [2.05, 4.69) is 5.32 Å². The number of nitrogens with two attached hydrogens (primary N) is 1. The zero-order valence-electron chi connectivity index (χ0n) is 29.8. The Morgan fingerprint density at radius 2 is 1.65 bits per heavy atom. The van der Waals surface area contributed by atoms with Crippen molar-refractivity contribution in [3.05, 3.63) is 95.8 Å². The van der Waals surface area contributed by atoms with Crippen LogP contribution in [0.5, 0.6) is 0 Å². The summed E-state index contributed by atoms with van der Waals surface area (Å²) in [5.74, 6) is -3.08. The number of imide groups is 1. The number of amides is 4. The zero-order valence-corrected chi connectivity index (χ0v) is 29.8. The second kappa shape index (κ2) is 18.0. The molecule has 1 aromatic heterocycles. The molecule has 13 heteroatoms. The maximum absolute atomic E-state index is 15.0. The molecule has 0 saturated heterocycles. The van der Waals surface area contributed by atoms with Crippen LogP contribution in [0.25, 0.3) is 11.1 Å². The van der Waals surface area contributed by atoms with Crippen LogP contribution < -0.4 is 11.1 Å². The van der Waals surface area contributed by atoms with Gasteiger partial charge in [-0.25, -0.2) is 8.78 Å².